The summed E-state index contributed by atoms with van der Waals surface area (Å²) in [4.78, 5) is 11.9. The van der Waals surface area contributed by atoms with E-state index in [1.807, 2.05) is 26.0 Å². The SMILES string of the molecule is CC(C)C(C)(O)CNC(=O)Cc1cccc(OCC#N)c1. The minimum atomic E-state index is -0.923. The summed E-state index contributed by atoms with van der Waals surface area (Å²) in [5.41, 5.74) is -0.125. The first-order valence-electron chi connectivity index (χ1n) is 6.93. The Kier molecular flexibility index (Phi) is 6.19. The van der Waals surface area contributed by atoms with E-state index in [-0.39, 0.29) is 31.4 Å². The number of ether oxygens (including phenoxy) is 1. The van der Waals surface area contributed by atoms with Crippen molar-refractivity contribution in [2.45, 2.75) is 32.8 Å². The first-order valence-corrected chi connectivity index (χ1v) is 6.93. The number of carbonyl (C=O) groups is 1. The van der Waals surface area contributed by atoms with Crippen LogP contribution < -0.4 is 10.1 Å². The van der Waals surface area contributed by atoms with Crippen LogP contribution in [0.25, 0.3) is 0 Å². The van der Waals surface area contributed by atoms with E-state index in [9.17, 15) is 9.90 Å². The molecule has 1 atom stereocenters. The van der Waals surface area contributed by atoms with E-state index in [1.54, 1.807) is 25.1 Å². The molecule has 0 aliphatic carbocycles. The van der Waals surface area contributed by atoms with Crippen LogP contribution in [0.15, 0.2) is 24.3 Å². The number of nitriles is 1. The molecule has 0 saturated carbocycles. The second-order valence-corrected chi connectivity index (χ2v) is 5.56. The molecule has 0 radical (unpaired) electrons. The lowest BCUT2D eigenvalue weighted by atomic mass is 9.92. The Morgan fingerprint density at radius 3 is 2.86 bits per heavy atom. The molecule has 0 aliphatic heterocycles. The van der Waals surface area contributed by atoms with E-state index < -0.39 is 5.60 Å². The molecule has 5 nitrogen and oxygen atoms in total. The summed E-state index contributed by atoms with van der Waals surface area (Å²) in [5.74, 6) is 0.463. The third-order valence-electron chi connectivity index (χ3n) is 3.45. The van der Waals surface area contributed by atoms with E-state index in [1.165, 1.54) is 0 Å². The second-order valence-electron chi connectivity index (χ2n) is 5.56. The minimum absolute atomic E-state index is 0.0209. The Balaban J connectivity index is 2.53. The molecule has 21 heavy (non-hydrogen) atoms. The average Bonchev–Trinajstić information content (AvgIpc) is 2.43. The van der Waals surface area contributed by atoms with Gasteiger partial charge in [-0.15, -0.1) is 0 Å². The third-order valence-corrected chi connectivity index (χ3v) is 3.45. The molecule has 0 fully saturated rings. The third kappa shape index (κ3) is 5.84. The number of amides is 1. The van der Waals surface area contributed by atoms with Crippen molar-refractivity contribution in [3.05, 3.63) is 29.8 Å². The van der Waals surface area contributed by atoms with Gasteiger partial charge in [0.1, 0.15) is 11.8 Å². The van der Waals surface area contributed by atoms with Crippen LogP contribution in [-0.4, -0.2) is 29.8 Å². The Hall–Kier alpha value is -2.06. The van der Waals surface area contributed by atoms with E-state index in [0.717, 1.165) is 5.56 Å². The lowest BCUT2D eigenvalue weighted by Crippen LogP contribution is -2.44. The van der Waals surface area contributed by atoms with Crippen LogP contribution in [0.1, 0.15) is 26.3 Å². The average molecular weight is 290 g/mol. The van der Waals surface area contributed by atoms with Crippen molar-refractivity contribution in [1.82, 2.24) is 5.32 Å². The number of hydrogen-bond acceptors (Lipinski definition) is 4. The maximum absolute atomic E-state index is 11.9. The van der Waals surface area contributed by atoms with Crippen molar-refractivity contribution in [2.24, 2.45) is 5.92 Å². The van der Waals surface area contributed by atoms with Crippen molar-refractivity contribution in [2.75, 3.05) is 13.2 Å². The van der Waals surface area contributed by atoms with Gasteiger partial charge in [-0.3, -0.25) is 4.79 Å². The van der Waals surface area contributed by atoms with Crippen LogP contribution in [0.3, 0.4) is 0 Å². The van der Waals surface area contributed by atoms with Gasteiger partial charge in [0.2, 0.25) is 5.91 Å². The summed E-state index contributed by atoms with van der Waals surface area (Å²) in [7, 11) is 0. The first kappa shape index (κ1) is 17.0. The molecule has 1 aromatic rings. The largest absolute Gasteiger partial charge is 0.479 e. The molecule has 0 saturated heterocycles. The van der Waals surface area contributed by atoms with Crippen LogP contribution in [-0.2, 0) is 11.2 Å². The van der Waals surface area contributed by atoms with Crippen molar-refractivity contribution < 1.29 is 14.6 Å². The van der Waals surface area contributed by atoms with Gasteiger partial charge in [-0.1, -0.05) is 26.0 Å². The van der Waals surface area contributed by atoms with Crippen LogP contribution in [0.2, 0.25) is 0 Å². The predicted molar refractivity (Wildman–Crippen MR) is 79.7 cm³/mol. The maximum Gasteiger partial charge on any atom is 0.224 e. The van der Waals surface area contributed by atoms with Gasteiger partial charge in [0.05, 0.1) is 12.0 Å². The summed E-state index contributed by atoms with van der Waals surface area (Å²) in [5, 5.41) is 21.3. The molecule has 2 N–H and O–H groups in total. The molecule has 0 spiro atoms. The number of carbonyl (C=O) groups excluding carboxylic acids is 1. The molecule has 0 heterocycles. The number of hydrogen-bond donors (Lipinski definition) is 2. The van der Waals surface area contributed by atoms with Crippen molar-refractivity contribution >= 4 is 5.91 Å². The van der Waals surface area contributed by atoms with Crippen molar-refractivity contribution in [3.8, 4) is 11.8 Å². The molecule has 1 amide bonds. The fourth-order valence-electron chi connectivity index (χ4n) is 1.59. The molecule has 0 aromatic heterocycles. The molecule has 1 unspecified atom stereocenters. The fraction of sp³-hybridized carbons (Fsp3) is 0.500. The quantitative estimate of drug-likeness (QED) is 0.800. The van der Waals surface area contributed by atoms with Crippen LogP contribution >= 0.6 is 0 Å². The summed E-state index contributed by atoms with van der Waals surface area (Å²) >= 11 is 0. The summed E-state index contributed by atoms with van der Waals surface area (Å²) < 4.78 is 5.19. The Morgan fingerprint density at radius 1 is 1.52 bits per heavy atom. The lowest BCUT2D eigenvalue weighted by molar-refractivity contribution is -0.122. The molecular weight excluding hydrogens is 268 g/mol. The highest BCUT2D eigenvalue weighted by Crippen LogP contribution is 2.15. The van der Waals surface area contributed by atoms with Crippen molar-refractivity contribution in [3.63, 3.8) is 0 Å². The normalized spacial score (nSPS) is 13.3. The standard InChI is InChI=1S/C16H22N2O3/c1-12(2)16(3,20)11-18-15(19)10-13-5-4-6-14(9-13)21-8-7-17/h4-6,9,12,20H,8,10-11H2,1-3H3,(H,18,19). The van der Waals surface area contributed by atoms with Gasteiger partial charge in [0, 0.05) is 6.54 Å². The van der Waals surface area contributed by atoms with Gasteiger partial charge in [0.15, 0.2) is 6.61 Å². The number of nitrogens with zero attached hydrogens (tertiary/aromatic N) is 1. The highest BCUT2D eigenvalue weighted by Gasteiger charge is 2.25. The van der Waals surface area contributed by atoms with E-state index >= 15 is 0 Å². The van der Waals surface area contributed by atoms with E-state index in [0.29, 0.717) is 5.75 Å². The molecule has 114 valence electrons. The number of benzene rings is 1. The van der Waals surface area contributed by atoms with Crippen LogP contribution in [0, 0.1) is 17.2 Å². The molecular formula is C16H22N2O3. The highest BCUT2D eigenvalue weighted by atomic mass is 16.5. The summed E-state index contributed by atoms with van der Waals surface area (Å²) in [6.07, 6.45) is 0.206. The van der Waals surface area contributed by atoms with Gasteiger partial charge < -0.3 is 15.2 Å². The molecule has 1 rings (SSSR count). The zero-order valence-electron chi connectivity index (χ0n) is 12.7. The molecule has 0 aliphatic rings. The number of aliphatic hydroxyl groups is 1. The van der Waals surface area contributed by atoms with Gasteiger partial charge in [0.25, 0.3) is 0 Å². The molecule has 0 bridgehead atoms. The minimum Gasteiger partial charge on any atom is -0.479 e. The number of rotatable bonds is 7. The van der Waals surface area contributed by atoms with Gasteiger partial charge in [-0.25, -0.2) is 0 Å². The summed E-state index contributed by atoms with van der Waals surface area (Å²) in [6, 6.07) is 8.96. The predicted octanol–water partition coefficient (Wildman–Crippen LogP) is 1.65. The Morgan fingerprint density at radius 2 is 2.24 bits per heavy atom. The Bertz CT molecular complexity index is 518. The Labute approximate surface area is 125 Å². The first-order chi connectivity index (χ1) is 9.85. The van der Waals surface area contributed by atoms with E-state index in [4.69, 9.17) is 10.00 Å². The van der Waals surface area contributed by atoms with Gasteiger partial charge in [-0.2, -0.15) is 5.26 Å². The fourth-order valence-corrected chi connectivity index (χ4v) is 1.59. The molecule has 1 aromatic carbocycles. The lowest BCUT2D eigenvalue weighted by Gasteiger charge is -2.27. The zero-order valence-corrected chi connectivity index (χ0v) is 12.7. The second kappa shape index (κ2) is 7.65. The topological polar surface area (TPSA) is 82.3 Å². The maximum atomic E-state index is 11.9. The van der Waals surface area contributed by atoms with Gasteiger partial charge in [-0.05, 0) is 30.5 Å². The van der Waals surface area contributed by atoms with Crippen LogP contribution in [0.4, 0.5) is 0 Å². The molecule has 5 heteroatoms. The smallest absolute Gasteiger partial charge is 0.224 e. The summed E-state index contributed by atoms with van der Waals surface area (Å²) in [6.45, 7) is 5.71. The monoisotopic (exact) mass is 290 g/mol. The number of nitrogens with one attached hydrogen (secondary N) is 1. The van der Waals surface area contributed by atoms with Crippen LogP contribution in [0.5, 0.6) is 5.75 Å². The highest BCUT2D eigenvalue weighted by molar-refractivity contribution is 5.78. The van der Waals surface area contributed by atoms with E-state index in [2.05, 4.69) is 5.32 Å². The zero-order chi connectivity index (χ0) is 15.9. The van der Waals surface area contributed by atoms with Gasteiger partial charge >= 0.3 is 0 Å². The van der Waals surface area contributed by atoms with Crippen molar-refractivity contribution in [1.29, 1.82) is 5.26 Å².